The Hall–Kier alpha value is -1.15. The molecule has 2 unspecified atom stereocenters. The number of aliphatic carboxylic acids is 1. The number of rotatable bonds is 4. The van der Waals surface area contributed by atoms with Crippen molar-refractivity contribution < 1.29 is 23.1 Å². The minimum atomic E-state index is -3.63. The largest absolute Gasteiger partial charge is 0.480 e. The van der Waals surface area contributed by atoms with Gasteiger partial charge >= 0.3 is 5.97 Å². The van der Waals surface area contributed by atoms with Gasteiger partial charge in [0.25, 0.3) is 0 Å². The molecule has 92 valence electrons. The lowest BCUT2D eigenvalue weighted by Crippen LogP contribution is -2.40. The highest BCUT2D eigenvalue weighted by Gasteiger charge is 2.36. The van der Waals surface area contributed by atoms with E-state index < -0.39 is 28.0 Å². The number of carboxylic acid groups (broad SMARTS) is 1. The fourth-order valence-electron chi connectivity index (χ4n) is 1.76. The summed E-state index contributed by atoms with van der Waals surface area (Å²) in [7, 11) is -3.63. The van der Waals surface area contributed by atoms with Crippen LogP contribution in [0.15, 0.2) is 0 Å². The highest BCUT2D eigenvalue weighted by atomic mass is 32.2. The lowest BCUT2D eigenvalue weighted by Gasteiger charge is -2.20. The molecule has 3 N–H and O–H groups in total. The van der Waals surface area contributed by atoms with Crippen LogP contribution in [0.25, 0.3) is 0 Å². The molecular weight excluding hydrogens is 236 g/mol. The third kappa shape index (κ3) is 3.17. The number of hydrogen-bond donors (Lipinski definition) is 2. The quantitative estimate of drug-likeness (QED) is 0.636. The second kappa shape index (κ2) is 4.38. The molecule has 0 aromatic rings. The third-order valence-corrected chi connectivity index (χ3v) is 3.47. The second-order valence-electron chi connectivity index (χ2n) is 3.96. The summed E-state index contributed by atoms with van der Waals surface area (Å²) < 4.78 is 21.7. The predicted octanol–water partition coefficient (Wildman–Crippen LogP) is -1.40. The zero-order chi connectivity index (χ0) is 12.5. The van der Waals surface area contributed by atoms with Crippen molar-refractivity contribution in [2.24, 2.45) is 11.1 Å². The number of carbonyl (C=O) groups excluding carboxylic acids is 1. The molecule has 16 heavy (non-hydrogen) atoms. The van der Waals surface area contributed by atoms with Crippen LogP contribution in [0.2, 0.25) is 0 Å². The van der Waals surface area contributed by atoms with Crippen LogP contribution < -0.4 is 5.14 Å². The van der Waals surface area contributed by atoms with Gasteiger partial charge in [-0.1, -0.05) is 0 Å². The van der Waals surface area contributed by atoms with Crippen LogP contribution in [0, 0.1) is 5.92 Å². The van der Waals surface area contributed by atoms with Crippen LogP contribution >= 0.6 is 0 Å². The zero-order valence-corrected chi connectivity index (χ0v) is 9.61. The van der Waals surface area contributed by atoms with E-state index in [0.717, 1.165) is 4.90 Å². The highest BCUT2D eigenvalue weighted by molar-refractivity contribution is 7.89. The fraction of sp³-hybridized carbons (Fsp3) is 0.750. The number of primary sulfonamides is 1. The van der Waals surface area contributed by atoms with Gasteiger partial charge in [0.05, 0.1) is 5.75 Å². The zero-order valence-electron chi connectivity index (χ0n) is 8.79. The first-order valence-corrected chi connectivity index (χ1v) is 6.45. The standard InChI is InChI=1S/C8H14N2O5S/c1-5(8(12)13)10-3-6(2-7(10)11)4-16(9,14)15/h5-6H,2-4H2,1H3,(H,12,13)(H2,9,14,15). The SMILES string of the molecule is CC(C(=O)O)N1CC(CS(N)(=O)=O)CC1=O. The molecule has 0 radical (unpaired) electrons. The molecule has 0 aromatic heterocycles. The average Bonchev–Trinajstić information content (AvgIpc) is 2.41. The van der Waals surface area contributed by atoms with Gasteiger partial charge in [-0.3, -0.25) is 4.79 Å². The number of nitrogens with zero attached hydrogens (tertiary/aromatic N) is 1. The summed E-state index contributed by atoms with van der Waals surface area (Å²) in [5.74, 6) is -2.15. The molecule has 1 aliphatic rings. The van der Waals surface area contributed by atoms with E-state index >= 15 is 0 Å². The summed E-state index contributed by atoms with van der Waals surface area (Å²) in [6.45, 7) is 1.52. The Morgan fingerprint density at radius 2 is 2.25 bits per heavy atom. The molecule has 1 aliphatic heterocycles. The molecule has 8 heteroatoms. The molecule has 0 spiro atoms. The van der Waals surface area contributed by atoms with E-state index in [9.17, 15) is 18.0 Å². The summed E-state index contributed by atoms with van der Waals surface area (Å²) in [4.78, 5) is 23.3. The van der Waals surface area contributed by atoms with Crippen molar-refractivity contribution in [2.45, 2.75) is 19.4 Å². The highest BCUT2D eigenvalue weighted by Crippen LogP contribution is 2.21. The van der Waals surface area contributed by atoms with Gasteiger partial charge in [-0.15, -0.1) is 0 Å². The summed E-state index contributed by atoms with van der Waals surface area (Å²) in [5, 5.41) is 13.6. The number of nitrogens with two attached hydrogens (primary N) is 1. The molecule has 1 saturated heterocycles. The molecule has 7 nitrogen and oxygen atoms in total. The van der Waals surface area contributed by atoms with E-state index in [1.807, 2.05) is 0 Å². The number of carbonyl (C=O) groups is 2. The van der Waals surface area contributed by atoms with Gasteiger partial charge in [0, 0.05) is 18.9 Å². The van der Waals surface area contributed by atoms with Gasteiger partial charge in [-0.05, 0) is 6.92 Å². The van der Waals surface area contributed by atoms with Crippen molar-refractivity contribution in [2.75, 3.05) is 12.3 Å². The summed E-state index contributed by atoms with van der Waals surface area (Å²) >= 11 is 0. The maximum absolute atomic E-state index is 11.4. The fourth-order valence-corrected chi connectivity index (χ4v) is 2.64. The van der Waals surface area contributed by atoms with Gasteiger partial charge in [-0.25, -0.2) is 18.4 Å². The van der Waals surface area contributed by atoms with Crippen LogP contribution in [-0.4, -0.2) is 48.6 Å². The predicted molar refractivity (Wildman–Crippen MR) is 54.9 cm³/mol. The van der Waals surface area contributed by atoms with Crippen molar-refractivity contribution in [1.29, 1.82) is 0 Å². The number of sulfonamides is 1. The number of carboxylic acids is 1. The minimum absolute atomic E-state index is 0.0358. The molecule has 0 aromatic carbocycles. The van der Waals surface area contributed by atoms with Gasteiger partial charge in [-0.2, -0.15) is 0 Å². The van der Waals surface area contributed by atoms with Crippen LogP contribution in [0.4, 0.5) is 0 Å². The molecule has 1 amide bonds. The van der Waals surface area contributed by atoms with Gasteiger partial charge in [0.1, 0.15) is 6.04 Å². The van der Waals surface area contributed by atoms with E-state index in [-0.39, 0.29) is 24.6 Å². The van der Waals surface area contributed by atoms with Crippen molar-refractivity contribution >= 4 is 21.9 Å². The second-order valence-corrected chi connectivity index (χ2v) is 5.62. The molecule has 0 bridgehead atoms. The lowest BCUT2D eigenvalue weighted by atomic mass is 10.1. The van der Waals surface area contributed by atoms with E-state index in [0.29, 0.717) is 0 Å². The van der Waals surface area contributed by atoms with Crippen LogP contribution in [0.5, 0.6) is 0 Å². The average molecular weight is 250 g/mol. The summed E-state index contributed by atoms with van der Waals surface area (Å²) in [6.07, 6.45) is 0.0358. The first-order valence-electron chi connectivity index (χ1n) is 4.73. The molecule has 2 atom stereocenters. The van der Waals surface area contributed by atoms with Crippen molar-refractivity contribution in [3.8, 4) is 0 Å². The van der Waals surface area contributed by atoms with Gasteiger partial charge < -0.3 is 10.0 Å². The van der Waals surface area contributed by atoms with Crippen molar-refractivity contribution in [1.82, 2.24) is 4.90 Å². The lowest BCUT2D eigenvalue weighted by molar-refractivity contribution is -0.147. The van der Waals surface area contributed by atoms with Gasteiger partial charge in [0.2, 0.25) is 15.9 Å². The third-order valence-electron chi connectivity index (χ3n) is 2.53. The Balaban J connectivity index is 2.68. The molecular formula is C8H14N2O5S. The summed E-state index contributed by atoms with van der Waals surface area (Å²) in [5.41, 5.74) is 0. The normalized spacial score (nSPS) is 23.5. The smallest absolute Gasteiger partial charge is 0.326 e. The topological polar surface area (TPSA) is 118 Å². The number of likely N-dealkylation sites (tertiary alicyclic amines) is 1. The Morgan fingerprint density at radius 1 is 1.69 bits per heavy atom. The minimum Gasteiger partial charge on any atom is -0.480 e. The Bertz CT molecular complexity index is 405. The molecule has 0 saturated carbocycles. The molecule has 1 heterocycles. The van der Waals surface area contributed by atoms with Crippen molar-refractivity contribution in [3.05, 3.63) is 0 Å². The Morgan fingerprint density at radius 3 is 2.69 bits per heavy atom. The van der Waals surface area contributed by atoms with Crippen molar-refractivity contribution in [3.63, 3.8) is 0 Å². The summed E-state index contributed by atoms with van der Waals surface area (Å²) in [6, 6.07) is -0.932. The first-order chi connectivity index (χ1) is 7.20. The Kier molecular flexibility index (Phi) is 3.54. The van der Waals surface area contributed by atoms with E-state index in [1.165, 1.54) is 6.92 Å². The van der Waals surface area contributed by atoms with Gasteiger partial charge in [0.15, 0.2) is 0 Å². The molecule has 1 fully saturated rings. The van der Waals surface area contributed by atoms with E-state index in [4.69, 9.17) is 10.2 Å². The van der Waals surface area contributed by atoms with Crippen LogP contribution in [0.1, 0.15) is 13.3 Å². The maximum atomic E-state index is 11.4. The van der Waals surface area contributed by atoms with E-state index in [1.54, 1.807) is 0 Å². The molecule has 0 aliphatic carbocycles. The van der Waals surface area contributed by atoms with Crippen LogP contribution in [-0.2, 0) is 19.6 Å². The monoisotopic (exact) mass is 250 g/mol. The van der Waals surface area contributed by atoms with Crippen LogP contribution in [0.3, 0.4) is 0 Å². The van der Waals surface area contributed by atoms with E-state index in [2.05, 4.69) is 0 Å². The maximum Gasteiger partial charge on any atom is 0.326 e. The first kappa shape index (κ1) is 12.9. The number of amides is 1. The Labute approximate surface area is 93.3 Å². The number of hydrogen-bond acceptors (Lipinski definition) is 4. The molecule has 1 rings (SSSR count).